The molecule has 0 aromatic carbocycles. The standard InChI is InChI=1S/C12H18BrN3O2/c1-2-3-9(6-7-13)8-14-12(18)10-4-5-11(17)16-15-10/h4-5,9H,2-3,6-8H2,1H3,(H,14,18)(H,16,17). The molecule has 0 aliphatic heterocycles. The Kier molecular flexibility index (Phi) is 6.64. The van der Waals surface area contributed by atoms with Crippen LogP contribution in [0.25, 0.3) is 0 Å². The number of carbonyl (C=O) groups is 1. The average molecular weight is 316 g/mol. The summed E-state index contributed by atoms with van der Waals surface area (Å²) in [4.78, 5) is 22.6. The van der Waals surface area contributed by atoms with E-state index in [1.165, 1.54) is 12.1 Å². The molecule has 18 heavy (non-hydrogen) atoms. The number of carbonyl (C=O) groups excluding carboxylic acids is 1. The predicted molar refractivity (Wildman–Crippen MR) is 74.0 cm³/mol. The summed E-state index contributed by atoms with van der Waals surface area (Å²) < 4.78 is 0. The van der Waals surface area contributed by atoms with Crippen molar-refractivity contribution in [1.82, 2.24) is 15.5 Å². The first-order valence-corrected chi connectivity index (χ1v) is 7.19. The highest BCUT2D eigenvalue weighted by molar-refractivity contribution is 9.09. The predicted octanol–water partition coefficient (Wildman–Crippen LogP) is 1.70. The van der Waals surface area contributed by atoms with Crippen LogP contribution in [0.4, 0.5) is 0 Å². The Bertz CT molecular complexity index is 407. The minimum atomic E-state index is -0.310. The number of nitrogens with one attached hydrogen (secondary N) is 2. The molecule has 0 spiro atoms. The molecule has 1 heterocycles. The molecule has 1 atom stereocenters. The maximum atomic E-state index is 11.8. The molecule has 2 N–H and O–H groups in total. The molecule has 0 saturated carbocycles. The van der Waals surface area contributed by atoms with E-state index in [2.05, 4.69) is 38.4 Å². The Morgan fingerprint density at radius 3 is 2.83 bits per heavy atom. The van der Waals surface area contributed by atoms with Crippen molar-refractivity contribution in [1.29, 1.82) is 0 Å². The van der Waals surface area contributed by atoms with Crippen molar-refractivity contribution in [3.05, 3.63) is 28.2 Å². The quantitative estimate of drug-likeness (QED) is 0.752. The number of aromatic nitrogens is 2. The number of hydrogen-bond acceptors (Lipinski definition) is 3. The lowest BCUT2D eigenvalue weighted by Gasteiger charge is -2.15. The minimum Gasteiger partial charge on any atom is -0.350 e. The van der Waals surface area contributed by atoms with E-state index in [4.69, 9.17) is 0 Å². The van der Waals surface area contributed by atoms with E-state index in [1.807, 2.05) is 0 Å². The van der Waals surface area contributed by atoms with Crippen LogP contribution in [0.2, 0.25) is 0 Å². The molecule has 5 nitrogen and oxygen atoms in total. The van der Waals surface area contributed by atoms with Gasteiger partial charge in [0, 0.05) is 17.9 Å². The third kappa shape index (κ3) is 5.00. The van der Waals surface area contributed by atoms with Crippen molar-refractivity contribution < 1.29 is 4.79 Å². The Balaban J connectivity index is 2.48. The normalized spacial score (nSPS) is 12.1. The van der Waals surface area contributed by atoms with Gasteiger partial charge in [-0.2, -0.15) is 5.10 Å². The first-order chi connectivity index (χ1) is 8.67. The Morgan fingerprint density at radius 1 is 1.50 bits per heavy atom. The third-order valence-electron chi connectivity index (χ3n) is 2.68. The van der Waals surface area contributed by atoms with E-state index >= 15 is 0 Å². The van der Waals surface area contributed by atoms with E-state index in [1.54, 1.807) is 0 Å². The third-order valence-corrected chi connectivity index (χ3v) is 3.14. The topological polar surface area (TPSA) is 74.8 Å². The van der Waals surface area contributed by atoms with Crippen molar-refractivity contribution in [2.75, 3.05) is 11.9 Å². The van der Waals surface area contributed by atoms with Crippen LogP contribution in [0.1, 0.15) is 36.7 Å². The molecule has 0 bridgehead atoms. The number of alkyl halides is 1. The second kappa shape index (κ2) is 8.02. The van der Waals surface area contributed by atoms with Crippen LogP contribution in [0, 0.1) is 5.92 Å². The fourth-order valence-electron chi connectivity index (χ4n) is 1.71. The number of hydrogen-bond donors (Lipinski definition) is 2. The summed E-state index contributed by atoms with van der Waals surface area (Å²) in [6.45, 7) is 2.77. The number of H-pyrrole nitrogens is 1. The molecule has 1 rings (SSSR count). The second-order valence-corrected chi connectivity index (χ2v) is 4.94. The largest absolute Gasteiger partial charge is 0.350 e. The number of aromatic amines is 1. The molecule has 0 aliphatic carbocycles. The Labute approximate surface area is 114 Å². The van der Waals surface area contributed by atoms with E-state index in [0.717, 1.165) is 24.6 Å². The molecule has 1 aromatic rings. The molecular weight excluding hydrogens is 298 g/mol. The molecule has 1 amide bonds. The zero-order valence-electron chi connectivity index (χ0n) is 10.4. The van der Waals surface area contributed by atoms with Gasteiger partial charge in [0.25, 0.3) is 11.5 Å². The first kappa shape index (κ1) is 14.9. The zero-order chi connectivity index (χ0) is 13.4. The fourth-order valence-corrected chi connectivity index (χ4v) is 2.36. The molecule has 1 aromatic heterocycles. The minimum absolute atomic E-state index is 0.240. The molecule has 0 saturated heterocycles. The van der Waals surface area contributed by atoms with Crippen LogP contribution >= 0.6 is 15.9 Å². The maximum absolute atomic E-state index is 11.8. The second-order valence-electron chi connectivity index (χ2n) is 4.15. The summed E-state index contributed by atoms with van der Waals surface area (Å²) in [5.41, 5.74) is -0.0709. The lowest BCUT2D eigenvalue weighted by molar-refractivity contribution is 0.0940. The highest BCUT2D eigenvalue weighted by Crippen LogP contribution is 2.11. The molecule has 0 radical (unpaired) electrons. The molecule has 1 unspecified atom stereocenters. The average Bonchev–Trinajstić information content (AvgIpc) is 2.37. The monoisotopic (exact) mass is 315 g/mol. The Morgan fingerprint density at radius 2 is 2.28 bits per heavy atom. The summed E-state index contributed by atoms with van der Waals surface area (Å²) in [6, 6.07) is 2.72. The van der Waals surface area contributed by atoms with Gasteiger partial charge in [0.15, 0.2) is 0 Å². The van der Waals surface area contributed by atoms with Crippen molar-refractivity contribution >= 4 is 21.8 Å². The summed E-state index contributed by atoms with van der Waals surface area (Å²) in [7, 11) is 0. The van der Waals surface area contributed by atoms with Crippen LogP contribution in [0.5, 0.6) is 0 Å². The van der Waals surface area contributed by atoms with Gasteiger partial charge in [-0.05, 0) is 24.8 Å². The summed E-state index contributed by atoms with van der Waals surface area (Å²) in [6.07, 6.45) is 3.22. The number of amides is 1. The van der Waals surface area contributed by atoms with E-state index < -0.39 is 0 Å². The van der Waals surface area contributed by atoms with Gasteiger partial charge >= 0.3 is 0 Å². The van der Waals surface area contributed by atoms with Crippen LogP contribution in [-0.2, 0) is 0 Å². The first-order valence-electron chi connectivity index (χ1n) is 6.07. The zero-order valence-corrected chi connectivity index (χ0v) is 12.0. The molecule has 0 fully saturated rings. The van der Waals surface area contributed by atoms with Gasteiger partial charge in [-0.3, -0.25) is 9.59 Å². The van der Waals surface area contributed by atoms with Crippen LogP contribution in [0.3, 0.4) is 0 Å². The van der Waals surface area contributed by atoms with Gasteiger partial charge in [-0.15, -0.1) is 0 Å². The highest BCUT2D eigenvalue weighted by atomic mass is 79.9. The van der Waals surface area contributed by atoms with Crippen LogP contribution in [0.15, 0.2) is 16.9 Å². The van der Waals surface area contributed by atoms with Crippen LogP contribution in [-0.4, -0.2) is 28.0 Å². The van der Waals surface area contributed by atoms with Crippen molar-refractivity contribution in [2.24, 2.45) is 5.92 Å². The number of nitrogens with zero attached hydrogens (tertiary/aromatic N) is 1. The number of halogens is 1. The van der Waals surface area contributed by atoms with Crippen molar-refractivity contribution in [2.45, 2.75) is 26.2 Å². The fraction of sp³-hybridized carbons (Fsp3) is 0.583. The van der Waals surface area contributed by atoms with E-state index in [-0.39, 0.29) is 17.2 Å². The SMILES string of the molecule is CCCC(CCBr)CNC(=O)c1ccc(=O)[nH]n1. The number of rotatable bonds is 7. The summed E-state index contributed by atoms with van der Waals surface area (Å²) in [5.74, 6) is 0.225. The molecule has 100 valence electrons. The van der Waals surface area contributed by atoms with Gasteiger partial charge < -0.3 is 5.32 Å². The maximum Gasteiger partial charge on any atom is 0.271 e. The van der Waals surface area contributed by atoms with E-state index in [0.29, 0.717) is 12.5 Å². The van der Waals surface area contributed by atoms with Crippen molar-refractivity contribution in [3.8, 4) is 0 Å². The van der Waals surface area contributed by atoms with Gasteiger partial charge in [0.1, 0.15) is 5.69 Å². The molecular formula is C12H18BrN3O2. The van der Waals surface area contributed by atoms with E-state index in [9.17, 15) is 9.59 Å². The molecule has 0 aliphatic rings. The Hall–Kier alpha value is -1.17. The van der Waals surface area contributed by atoms with Gasteiger partial charge in [0.05, 0.1) is 0 Å². The molecule has 6 heteroatoms. The van der Waals surface area contributed by atoms with Gasteiger partial charge in [-0.25, -0.2) is 5.10 Å². The lowest BCUT2D eigenvalue weighted by Crippen LogP contribution is -2.30. The summed E-state index contributed by atoms with van der Waals surface area (Å²) >= 11 is 3.42. The van der Waals surface area contributed by atoms with Gasteiger partial charge in [0.2, 0.25) is 0 Å². The highest BCUT2D eigenvalue weighted by Gasteiger charge is 2.11. The van der Waals surface area contributed by atoms with Gasteiger partial charge in [-0.1, -0.05) is 29.3 Å². The lowest BCUT2D eigenvalue weighted by atomic mass is 10.0. The van der Waals surface area contributed by atoms with Crippen molar-refractivity contribution in [3.63, 3.8) is 0 Å². The smallest absolute Gasteiger partial charge is 0.271 e. The summed E-state index contributed by atoms with van der Waals surface area (Å²) in [5, 5.41) is 9.71. The van der Waals surface area contributed by atoms with Crippen LogP contribution < -0.4 is 10.9 Å².